The number of non-ortho nitro benzene ring substituents is 1. The number of sulfonamides is 1. The first-order chi connectivity index (χ1) is 12.6. The molecule has 0 saturated carbocycles. The maximum Gasteiger partial charge on any atom is 0.326 e. The van der Waals surface area contributed by atoms with Crippen molar-refractivity contribution in [1.29, 1.82) is 0 Å². The van der Waals surface area contributed by atoms with Gasteiger partial charge in [-0.25, -0.2) is 8.42 Å². The lowest BCUT2D eigenvalue weighted by Crippen LogP contribution is -2.36. The third-order valence-electron chi connectivity index (χ3n) is 3.64. The van der Waals surface area contributed by atoms with Crippen LogP contribution in [0.25, 0.3) is 0 Å². The van der Waals surface area contributed by atoms with Crippen molar-refractivity contribution in [2.75, 3.05) is 18.0 Å². The van der Waals surface area contributed by atoms with E-state index in [2.05, 4.69) is 4.74 Å². The van der Waals surface area contributed by atoms with Crippen molar-refractivity contribution in [3.05, 3.63) is 62.1 Å². The van der Waals surface area contributed by atoms with E-state index in [1.165, 1.54) is 37.3 Å². The number of hydrogen-bond acceptors (Lipinski definition) is 6. The van der Waals surface area contributed by atoms with E-state index in [0.29, 0.717) is 0 Å². The van der Waals surface area contributed by atoms with Gasteiger partial charge in [-0.2, -0.15) is 0 Å². The monoisotopic (exact) mass is 432 g/mol. The van der Waals surface area contributed by atoms with Gasteiger partial charge in [0, 0.05) is 12.1 Å². The number of benzene rings is 2. The van der Waals surface area contributed by atoms with Crippen molar-refractivity contribution in [3.8, 4) is 0 Å². The molecule has 0 unspecified atom stereocenters. The fourth-order valence-corrected chi connectivity index (χ4v) is 4.18. The Morgan fingerprint density at radius 1 is 1.19 bits per heavy atom. The van der Waals surface area contributed by atoms with Gasteiger partial charge in [-0.15, -0.1) is 0 Å². The highest BCUT2D eigenvalue weighted by atomic mass is 35.5. The lowest BCUT2D eigenvalue weighted by atomic mass is 10.2. The molecule has 0 aliphatic carbocycles. The molecule has 0 radical (unpaired) electrons. The Kier molecular flexibility index (Phi) is 6.30. The average molecular weight is 433 g/mol. The summed E-state index contributed by atoms with van der Waals surface area (Å²) < 4.78 is 31.7. The van der Waals surface area contributed by atoms with Crippen molar-refractivity contribution >= 4 is 50.6 Å². The minimum atomic E-state index is -4.35. The molecule has 0 aromatic heterocycles. The Morgan fingerprint density at radius 3 is 2.41 bits per heavy atom. The number of esters is 1. The third kappa shape index (κ3) is 4.49. The molecule has 2 aromatic carbocycles. The predicted octanol–water partition coefficient (Wildman–Crippen LogP) is 3.58. The van der Waals surface area contributed by atoms with Gasteiger partial charge in [0.25, 0.3) is 15.7 Å². The quantitative estimate of drug-likeness (QED) is 0.392. The van der Waals surface area contributed by atoms with Crippen LogP contribution in [0.1, 0.15) is 5.56 Å². The molecule has 0 amide bonds. The average Bonchev–Trinajstić information content (AvgIpc) is 2.61. The summed E-state index contributed by atoms with van der Waals surface area (Å²) in [6.07, 6.45) is 0. The summed E-state index contributed by atoms with van der Waals surface area (Å²) in [5.41, 5.74) is -0.0671. The number of anilines is 1. The van der Waals surface area contributed by atoms with Crippen LogP contribution < -0.4 is 4.31 Å². The number of methoxy groups -OCH3 is 1. The number of ether oxygens (including phenoxy) is 1. The molecular formula is C16H14Cl2N2O6S. The number of aryl methyl sites for hydroxylation is 1. The van der Waals surface area contributed by atoms with Gasteiger partial charge in [0.05, 0.1) is 32.7 Å². The van der Waals surface area contributed by atoms with Gasteiger partial charge in [-0.1, -0.05) is 29.3 Å². The normalized spacial score (nSPS) is 11.1. The van der Waals surface area contributed by atoms with Gasteiger partial charge in [0.15, 0.2) is 0 Å². The number of carbonyl (C=O) groups excluding carboxylic acids is 1. The second-order valence-electron chi connectivity index (χ2n) is 5.39. The number of nitrogens with zero attached hydrogens (tertiary/aromatic N) is 2. The molecule has 0 aliphatic heterocycles. The lowest BCUT2D eigenvalue weighted by molar-refractivity contribution is -0.385. The van der Waals surface area contributed by atoms with Gasteiger partial charge in [0.2, 0.25) is 0 Å². The minimum absolute atomic E-state index is 0.0562. The zero-order valence-corrected chi connectivity index (χ0v) is 16.5. The third-order valence-corrected chi connectivity index (χ3v) is 6.30. The second kappa shape index (κ2) is 8.12. The molecule has 27 heavy (non-hydrogen) atoms. The summed E-state index contributed by atoms with van der Waals surface area (Å²) in [6.45, 7) is 0.834. The molecule has 2 aromatic rings. The van der Waals surface area contributed by atoms with Gasteiger partial charge in [0.1, 0.15) is 6.54 Å². The molecule has 2 rings (SSSR count). The molecule has 0 bridgehead atoms. The Bertz CT molecular complexity index is 1010. The number of nitro benzene ring substituents is 1. The molecule has 0 fully saturated rings. The number of halogens is 2. The van der Waals surface area contributed by atoms with E-state index in [-0.39, 0.29) is 26.2 Å². The zero-order valence-electron chi connectivity index (χ0n) is 14.2. The molecule has 144 valence electrons. The molecule has 8 nitrogen and oxygen atoms in total. The van der Waals surface area contributed by atoms with Crippen LogP contribution >= 0.6 is 23.2 Å². The van der Waals surface area contributed by atoms with Crippen molar-refractivity contribution in [2.24, 2.45) is 0 Å². The van der Waals surface area contributed by atoms with E-state index < -0.39 is 33.1 Å². The van der Waals surface area contributed by atoms with Crippen LogP contribution in [0.4, 0.5) is 11.4 Å². The number of hydrogen-bond donors (Lipinski definition) is 0. The summed E-state index contributed by atoms with van der Waals surface area (Å²) in [7, 11) is -3.24. The first-order valence-corrected chi connectivity index (χ1v) is 9.57. The molecule has 0 atom stereocenters. The number of carbonyl (C=O) groups is 1. The number of nitro groups is 1. The van der Waals surface area contributed by atoms with Crippen LogP contribution in [0, 0.1) is 17.0 Å². The van der Waals surface area contributed by atoms with Crippen molar-refractivity contribution in [3.63, 3.8) is 0 Å². The standard InChI is InChI=1S/C16H14Cl2N2O6S/c1-10-3-4-12(20(22)23)8-15(10)27(24,25)19(9-16(21)26-2)11-5-6-13(17)14(18)7-11/h3-8H,9H2,1-2H3. The molecule has 11 heteroatoms. The van der Waals surface area contributed by atoms with Crippen molar-refractivity contribution in [2.45, 2.75) is 11.8 Å². The van der Waals surface area contributed by atoms with Gasteiger partial charge in [-0.05, 0) is 30.7 Å². The fourth-order valence-electron chi connectivity index (χ4n) is 2.24. The maximum absolute atomic E-state index is 13.2. The first kappa shape index (κ1) is 20.9. The Labute approximate surface area is 165 Å². The van der Waals surface area contributed by atoms with Crippen molar-refractivity contribution in [1.82, 2.24) is 0 Å². The van der Waals surface area contributed by atoms with Crippen LogP contribution in [0.3, 0.4) is 0 Å². The Hall–Kier alpha value is -2.36. The number of rotatable bonds is 6. The summed E-state index contributed by atoms with van der Waals surface area (Å²) in [5.74, 6) is -0.826. The molecule has 0 aliphatic rings. The smallest absolute Gasteiger partial charge is 0.326 e. The molecule has 0 saturated heterocycles. The van der Waals surface area contributed by atoms with E-state index in [1.54, 1.807) is 0 Å². The Balaban J connectivity index is 2.66. The lowest BCUT2D eigenvalue weighted by Gasteiger charge is -2.24. The molecule has 0 spiro atoms. The van der Waals surface area contributed by atoms with Gasteiger partial charge >= 0.3 is 5.97 Å². The van der Waals surface area contributed by atoms with E-state index in [4.69, 9.17) is 23.2 Å². The topological polar surface area (TPSA) is 107 Å². The van der Waals surface area contributed by atoms with E-state index in [9.17, 15) is 23.3 Å². The van der Waals surface area contributed by atoms with Crippen LogP contribution in [0.2, 0.25) is 10.0 Å². The SMILES string of the molecule is COC(=O)CN(c1ccc(Cl)c(Cl)c1)S(=O)(=O)c1cc([N+](=O)[O-])ccc1C. The van der Waals surface area contributed by atoms with E-state index in [1.807, 2.05) is 0 Å². The maximum atomic E-state index is 13.2. The van der Waals surface area contributed by atoms with Gasteiger partial charge in [-0.3, -0.25) is 19.2 Å². The minimum Gasteiger partial charge on any atom is -0.468 e. The van der Waals surface area contributed by atoms with Crippen LogP contribution in [-0.4, -0.2) is 33.0 Å². The summed E-state index contributed by atoms with van der Waals surface area (Å²) in [5, 5.41) is 11.3. The second-order valence-corrected chi connectivity index (χ2v) is 8.04. The highest BCUT2D eigenvalue weighted by Gasteiger charge is 2.30. The van der Waals surface area contributed by atoms with E-state index >= 15 is 0 Å². The Morgan fingerprint density at radius 2 is 1.85 bits per heavy atom. The molecular weight excluding hydrogens is 419 g/mol. The first-order valence-electron chi connectivity index (χ1n) is 7.37. The summed E-state index contributed by atoms with van der Waals surface area (Å²) in [4.78, 5) is 21.8. The fraction of sp³-hybridized carbons (Fsp3) is 0.188. The molecule has 0 N–H and O–H groups in total. The van der Waals surface area contributed by atoms with E-state index in [0.717, 1.165) is 17.5 Å². The zero-order chi connectivity index (χ0) is 20.4. The van der Waals surface area contributed by atoms with Crippen LogP contribution in [-0.2, 0) is 19.6 Å². The summed E-state index contributed by atoms with van der Waals surface area (Å²) >= 11 is 11.8. The highest BCUT2D eigenvalue weighted by Crippen LogP contribution is 2.32. The van der Waals surface area contributed by atoms with Gasteiger partial charge < -0.3 is 4.74 Å². The largest absolute Gasteiger partial charge is 0.468 e. The predicted molar refractivity (Wildman–Crippen MR) is 101 cm³/mol. The summed E-state index contributed by atoms with van der Waals surface area (Å²) in [6, 6.07) is 7.46. The molecule has 0 heterocycles. The van der Waals surface area contributed by atoms with Crippen molar-refractivity contribution < 1.29 is 22.9 Å². The van der Waals surface area contributed by atoms with Crippen LogP contribution in [0.5, 0.6) is 0 Å². The van der Waals surface area contributed by atoms with Crippen LogP contribution in [0.15, 0.2) is 41.3 Å². The highest BCUT2D eigenvalue weighted by molar-refractivity contribution is 7.93.